The van der Waals surface area contributed by atoms with Gasteiger partial charge in [-0.25, -0.2) is 0 Å². The molecule has 0 spiro atoms. The average molecular weight is 284 g/mol. The van der Waals surface area contributed by atoms with E-state index in [9.17, 15) is 4.79 Å². The monoisotopic (exact) mass is 283 g/mol. The zero-order valence-electron chi connectivity index (χ0n) is 11.5. The Bertz CT molecular complexity index is 416. The number of amides is 1. The number of rotatable bonds is 5. The molecule has 1 aliphatic rings. The largest absolute Gasteiger partial charge is 0.469 e. The molecule has 0 radical (unpaired) electrons. The smallest absolute Gasteiger partial charge is 0.254 e. The van der Waals surface area contributed by atoms with Crippen LogP contribution in [0.25, 0.3) is 0 Å². The summed E-state index contributed by atoms with van der Waals surface area (Å²) in [5.74, 6) is 2.50. The third-order valence-electron chi connectivity index (χ3n) is 4.10. The fourth-order valence-electron chi connectivity index (χ4n) is 2.89. The van der Waals surface area contributed by atoms with E-state index in [0.717, 1.165) is 18.7 Å². The number of hydrogen-bond acceptors (Lipinski definition) is 2. The molecule has 1 fully saturated rings. The van der Waals surface area contributed by atoms with Crippen molar-refractivity contribution in [3.63, 3.8) is 0 Å². The maximum absolute atomic E-state index is 12.1. The molecular weight excluding hydrogens is 262 g/mol. The van der Waals surface area contributed by atoms with Crippen molar-refractivity contribution in [3.8, 4) is 0 Å². The summed E-state index contributed by atoms with van der Waals surface area (Å²) in [4.78, 5) is 12.1. The minimum atomic E-state index is -0.0236. The second kappa shape index (κ2) is 6.99. The standard InChI is InChI=1S/C15H22ClNO2/c1-2-14-13(7-8-19-14)15(18)17-10-12-6-4-3-5-11(12)9-16/h7-8,11-12H,2-6,9-10H2,1H3,(H,17,18). The number of nitrogens with one attached hydrogen (secondary N) is 1. The fourth-order valence-corrected chi connectivity index (χ4v) is 3.30. The Morgan fingerprint density at radius 3 is 2.84 bits per heavy atom. The first-order chi connectivity index (χ1) is 9.26. The van der Waals surface area contributed by atoms with E-state index in [0.29, 0.717) is 23.3 Å². The van der Waals surface area contributed by atoms with Gasteiger partial charge in [0.2, 0.25) is 0 Å². The molecule has 0 aliphatic heterocycles. The van der Waals surface area contributed by atoms with Crippen LogP contribution in [0.4, 0.5) is 0 Å². The van der Waals surface area contributed by atoms with Crippen LogP contribution in [-0.4, -0.2) is 18.3 Å². The van der Waals surface area contributed by atoms with Gasteiger partial charge in [-0.2, -0.15) is 0 Å². The van der Waals surface area contributed by atoms with E-state index < -0.39 is 0 Å². The quantitative estimate of drug-likeness (QED) is 0.839. The molecule has 0 bridgehead atoms. The summed E-state index contributed by atoms with van der Waals surface area (Å²) in [6, 6.07) is 1.74. The van der Waals surface area contributed by atoms with Gasteiger partial charge in [0.25, 0.3) is 5.91 Å². The number of aryl methyl sites for hydroxylation is 1. The molecule has 2 atom stereocenters. The van der Waals surface area contributed by atoms with Crippen LogP contribution >= 0.6 is 11.6 Å². The van der Waals surface area contributed by atoms with Gasteiger partial charge in [-0.3, -0.25) is 4.79 Å². The first-order valence-electron chi connectivity index (χ1n) is 7.16. The molecule has 19 heavy (non-hydrogen) atoms. The van der Waals surface area contributed by atoms with Gasteiger partial charge in [0.1, 0.15) is 5.76 Å². The highest BCUT2D eigenvalue weighted by atomic mass is 35.5. The molecule has 1 aromatic heterocycles. The van der Waals surface area contributed by atoms with Crippen LogP contribution < -0.4 is 5.32 Å². The molecule has 1 saturated carbocycles. The van der Waals surface area contributed by atoms with Crippen molar-refractivity contribution in [1.29, 1.82) is 0 Å². The lowest BCUT2D eigenvalue weighted by atomic mass is 9.80. The van der Waals surface area contributed by atoms with Gasteiger partial charge in [-0.1, -0.05) is 19.8 Å². The molecule has 2 unspecified atom stereocenters. The van der Waals surface area contributed by atoms with E-state index in [4.69, 9.17) is 16.0 Å². The first kappa shape index (κ1) is 14.4. The second-order valence-corrected chi connectivity index (χ2v) is 5.59. The van der Waals surface area contributed by atoms with Crippen LogP contribution in [0.5, 0.6) is 0 Å². The van der Waals surface area contributed by atoms with Gasteiger partial charge in [0.05, 0.1) is 11.8 Å². The highest BCUT2D eigenvalue weighted by Crippen LogP contribution is 2.30. The van der Waals surface area contributed by atoms with Crippen molar-refractivity contribution in [2.45, 2.75) is 39.0 Å². The molecule has 0 saturated heterocycles. The minimum absolute atomic E-state index is 0.0236. The SMILES string of the molecule is CCc1occc1C(=O)NCC1CCCCC1CCl. The molecule has 1 aliphatic carbocycles. The van der Waals surface area contributed by atoms with Gasteiger partial charge in [-0.05, 0) is 30.7 Å². The van der Waals surface area contributed by atoms with E-state index in [2.05, 4.69) is 5.32 Å². The number of hydrogen-bond donors (Lipinski definition) is 1. The molecule has 1 heterocycles. The summed E-state index contributed by atoms with van der Waals surface area (Å²) >= 11 is 6.01. The Hall–Kier alpha value is -0.960. The molecule has 1 aromatic rings. The van der Waals surface area contributed by atoms with Gasteiger partial charge < -0.3 is 9.73 Å². The Kier molecular flexibility index (Phi) is 5.32. The predicted molar refractivity (Wildman–Crippen MR) is 76.6 cm³/mol. The molecule has 4 heteroatoms. The number of carbonyl (C=O) groups is 1. The van der Waals surface area contributed by atoms with Crippen molar-refractivity contribution < 1.29 is 9.21 Å². The molecule has 106 valence electrons. The van der Waals surface area contributed by atoms with Crippen molar-refractivity contribution >= 4 is 17.5 Å². The molecular formula is C15H22ClNO2. The lowest BCUT2D eigenvalue weighted by molar-refractivity contribution is 0.0935. The average Bonchev–Trinajstić information content (AvgIpc) is 2.93. The van der Waals surface area contributed by atoms with E-state index >= 15 is 0 Å². The van der Waals surface area contributed by atoms with Gasteiger partial charge in [0.15, 0.2) is 0 Å². The van der Waals surface area contributed by atoms with Crippen LogP contribution in [-0.2, 0) is 6.42 Å². The summed E-state index contributed by atoms with van der Waals surface area (Å²) in [5, 5.41) is 3.04. The zero-order valence-corrected chi connectivity index (χ0v) is 12.2. The number of carbonyl (C=O) groups excluding carboxylic acids is 1. The first-order valence-corrected chi connectivity index (χ1v) is 7.70. The van der Waals surface area contributed by atoms with Crippen LogP contribution in [0.2, 0.25) is 0 Å². The Balaban J connectivity index is 1.89. The summed E-state index contributed by atoms with van der Waals surface area (Å²) in [6.45, 7) is 2.71. The summed E-state index contributed by atoms with van der Waals surface area (Å²) in [6.07, 6.45) is 7.20. The Morgan fingerprint density at radius 2 is 2.16 bits per heavy atom. The van der Waals surface area contributed by atoms with Gasteiger partial charge in [0, 0.05) is 18.8 Å². The molecule has 1 N–H and O–H groups in total. The molecule has 0 aromatic carbocycles. The summed E-state index contributed by atoms with van der Waals surface area (Å²) < 4.78 is 5.29. The van der Waals surface area contributed by atoms with Crippen molar-refractivity contribution in [3.05, 3.63) is 23.7 Å². The second-order valence-electron chi connectivity index (χ2n) is 5.28. The van der Waals surface area contributed by atoms with Crippen molar-refractivity contribution in [1.82, 2.24) is 5.32 Å². The third kappa shape index (κ3) is 3.53. The predicted octanol–water partition coefficient (Wildman–Crippen LogP) is 3.62. The summed E-state index contributed by atoms with van der Waals surface area (Å²) in [7, 11) is 0. The number of halogens is 1. The minimum Gasteiger partial charge on any atom is -0.469 e. The van der Waals surface area contributed by atoms with Crippen LogP contribution in [0, 0.1) is 11.8 Å². The lowest BCUT2D eigenvalue weighted by Gasteiger charge is -2.30. The van der Waals surface area contributed by atoms with Crippen LogP contribution in [0.3, 0.4) is 0 Å². The van der Waals surface area contributed by atoms with Crippen molar-refractivity contribution in [2.75, 3.05) is 12.4 Å². The Morgan fingerprint density at radius 1 is 1.42 bits per heavy atom. The topological polar surface area (TPSA) is 42.2 Å². The van der Waals surface area contributed by atoms with Gasteiger partial charge >= 0.3 is 0 Å². The maximum atomic E-state index is 12.1. The molecule has 3 nitrogen and oxygen atoms in total. The number of alkyl halides is 1. The van der Waals surface area contributed by atoms with E-state index in [1.54, 1.807) is 12.3 Å². The zero-order chi connectivity index (χ0) is 13.7. The summed E-state index contributed by atoms with van der Waals surface area (Å²) in [5.41, 5.74) is 0.667. The van der Waals surface area contributed by atoms with E-state index in [1.165, 1.54) is 25.7 Å². The lowest BCUT2D eigenvalue weighted by Crippen LogP contribution is -2.35. The van der Waals surface area contributed by atoms with E-state index in [-0.39, 0.29) is 5.91 Å². The molecule has 1 amide bonds. The Labute approximate surface area is 119 Å². The fraction of sp³-hybridized carbons (Fsp3) is 0.667. The highest BCUT2D eigenvalue weighted by Gasteiger charge is 2.25. The molecule has 2 rings (SSSR count). The normalized spacial score (nSPS) is 23.3. The highest BCUT2D eigenvalue weighted by molar-refractivity contribution is 6.18. The maximum Gasteiger partial charge on any atom is 0.254 e. The third-order valence-corrected chi connectivity index (χ3v) is 4.50. The number of furan rings is 1. The van der Waals surface area contributed by atoms with Crippen molar-refractivity contribution in [2.24, 2.45) is 11.8 Å². The van der Waals surface area contributed by atoms with Crippen LogP contribution in [0.1, 0.15) is 48.7 Å². The van der Waals surface area contributed by atoms with Crippen LogP contribution in [0.15, 0.2) is 16.7 Å². The van der Waals surface area contributed by atoms with Gasteiger partial charge in [-0.15, -0.1) is 11.6 Å². The van der Waals surface area contributed by atoms with E-state index in [1.807, 2.05) is 6.92 Å².